The van der Waals surface area contributed by atoms with Gasteiger partial charge < -0.3 is 15.0 Å². The molecule has 1 N–H and O–H groups in total. The molecule has 0 bridgehead atoms. The van der Waals surface area contributed by atoms with E-state index in [0.29, 0.717) is 12.5 Å². The number of carbonyl (C=O) groups is 1. The molecule has 0 unspecified atom stereocenters. The van der Waals surface area contributed by atoms with Crippen molar-refractivity contribution in [2.24, 2.45) is 5.92 Å². The molecule has 1 aliphatic heterocycles. The molecule has 1 aromatic carbocycles. The number of hydrogen-bond acceptors (Lipinski definition) is 5. The number of rotatable bonds is 5. The molecule has 1 saturated heterocycles. The Kier molecular flexibility index (Phi) is 5.10. The normalized spacial score (nSPS) is 17.5. The van der Waals surface area contributed by atoms with Crippen molar-refractivity contribution >= 4 is 11.8 Å². The minimum Gasteiger partial charge on any atom is -0.445 e. The highest BCUT2D eigenvalue weighted by Gasteiger charge is 2.19. The molecule has 0 saturated carbocycles. The molecule has 21 heavy (non-hydrogen) atoms. The SMILES string of the molecule is CN(C[C@@H]1CCNC1)C(=O)OCc1ccc([N+](=O)[O-])cc1. The standard InChI is InChI=1S/C14H19N3O4/c1-16(9-12-6-7-15-8-12)14(18)21-10-11-2-4-13(5-3-11)17(19)20/h2-5,12,15H,6-10H2,1H3/t12-/m1/s1. The zero-order chi connectivity index (χ0) is 15.2. The van der Waals surface area contributed by atoms with E-state index in [0.717, 1.165) is 25.1 Å². The molecule has 1 atom stereocenters. The number of benzene rings is 1. The molecule has 0 radical (unpaired) electrons. The zero-order valence-corrected chi connectivity index (χ0v) is 11.9. The van der Waals surface area contributed by atoms with Crippen molar-refractivity contribution in [3.8, 4) is 0 Å². The van der Waals surface area contributed by atoms with Crippen molar-refractivity contribution in [3.63, 3.8) is 0 Å². The molecule has 0 spiro atoms. The molecule has 0 aromatic heterocycles. The van der Waals surface area contributed by atoms with Gasteiger partial charge in [-0.15, -0.1) is 0 Å². The number of nitrogens with zero attached hydrogens (tertiary/aromatic N) is 2. The van der Waals surface area contributed by atoms with Crippen LogP contribution in [-0.4, -0.2) is 42.6 Å². The minimum absolute atomic E-state index is 0.0240. The predicted octanol–water partition coefficient (Wildman–Crippen LogP) is 1.77. The quantitative estimate of drug-likeness (QED) is 0.660. The summed E-state index contributed by atoms with van der Waals surface area (Å²) in [6.07, 6.45) is 0.695. The van der Waals surface area contributed by atoms with Gasteiger partial charge in [0.1, 0.15) is 6.61 Å². The van der Waals surface area contributed by atoms with E-state index in [1.54, 1.807) is 24.1 Å². The fourth-order valence-electron chi connectivity index (χ4n) is 2.30. The number of nitrogens with one attached hydrogen (secondary N) is 1. The van der Waals surface area contributed by atoms with E-state index in [2.05, 4.69) is 5.32 Å². The molecular formula is C14H19N3O4. The summed E-state index contributed by atoms with van der Waals surface area (Å²) in [6, 6.07) is 5.98. The zero-order valence-electron chi connectivity index (χ0n) is 11.9. The van der Waals surface area contributed by atoms with Gasteiger partial charge in [0, 0.05) is 25.7 Å². The highest BCUT2D eigenvalue weighted by atomic mass is 16.6. The second-order valence-corrected chi connectivity index (χ2v) is 5.22. The number of non-ortho nitro benzene ring substituents is 1. The first kappa shape index (κ1) is 15.2. The molecule has 1 aromatic rings. The second-order valence-electron chi connectivity index (χ2n) is 5.22. The highest BCUT2D eigenvalue weighted by molar-refractivity contribution is 5.67. The summed E-state index contributed by atoms with van der Waals surface area (Å²) in [5.41, 5.74) is 0.751. The molecular weight excluding hydrogens is 274 g/mol. The molecule has 7 heteroatoms. The first-order valence-electron chi connectivity index (χ1n) is 6.88. The number of nitro groups is 1. The van der Waals surface area contributed by atoms with Gasteiger partial charge in [0.2, 0.25) is 0 Å². The first-order chi connectivity index (χ1) is 10.1. The van der Waals surface area contributed by atoms with Gasteiger partial charge in [0.05, 0.1) is 4.92 Å². The Labute approximate surface area is 123 Å². The average molecular weight is 293 g/mol. The van der Waals surface area contributed by atoms with Crippen LogP contribution in [0.3, 0.4) is 0 Å². The summed E-state index contributed by atoms with van der Waals surface area (Å²) < 4.78 is 5.20. The lowest BCUT2D eigenvalue weighted by molar-refractivity contribution is -0.384. The van der Waals surface area contributed by atoms with E-state index < -0.39 is 4.92 Å². The molecule has 1 aliphatic rings. The van der Waals surface area contributed by atoms with Gasteiger partial charge in [-0.05, 0) is 43.1 Å². The first-order valence-corrected chi connectivity index (χ1v) is 6.88. The van der Waals surface area contributed by atoms with Crippen LogP contribution in [0.4, 0.5) is 10.5 Å². The Morgan fingerprint density at radius 1 is 1.48 bits per heavy atom. The Balaban J connectivity index is 1.78. The summed E-state index contributed by atoms with van der Waals surface area (Å²) >= 11 is 0. The monoisotopic (exact) mass is 293 g/mol. The van der Waals surface area contributed by atoms with Gasteiger partial charge in [-0.2, -0.15) is 0 Å². The molecule has 2 rings (SSSR count). The van der Waals surface area contributed by atoms with Crippen LogP contribution < -0.4 is 5.32 Å². The molecule has 1 fully saturated rings. The Hall–Kier alpha value is -2.15. The molecule has 0 aliphatic carbocycles. The Morgan fingerprint density at radius 2 is 2.19 bits per heavy atom. The fourth-order valence-corrected chi connectivity index (χ4v) is 2.30. The smallest absolute Gasteiger partial charge is 0.409 e. The summed E-state index contributed by atoms with van der Waals surface area (Å²) in [5, 5.41) is 13.8. The topological polar surface area (TPSA) is 84.7 Å². The van der Waals surface area contributed by atoms with Crippen molar-refractivity contribution in [1.82, 2.24) is 10.2 Å². The number of ether oxygens (including phenoxy) is 1. The van der Waals surface area contributed by atoms with Crippen LogP contribution in [-0.2, 0) is 11.3 Å². The van der Waals surface area contributed by atoms with Crippen LogP contribution in [0.2, 0.25) is 0 Å². The van der Waals surface area contributed by atoms with Crippen molar-refractivity contribution in [2.75, 3.05) is 26.7 Å². The number of amides is 1. The van der Waals surface area contributed by atoms with Crippen molar-refractivity contribution in [1.29, 1.82) is 0 Å². The molecule has 7 nitrogen and oxygen atoms in total. The van der Waals surface area contributed by atoms with Crippen LogP contribution in [0.1, 0.15) is 12.0 Å². The number of carbonyl (C=O) groups excluding carboxylic acids is 1. The average Bonchev–Trinajstić information content (AvgIpc) is 2.98. The Bertz CT molecular complexity index is 497. The van der Waals surface area contributed by atoms with Crippen LogP contribution in [0.5, 0.6) is 0 Å². The molecule has 114 valence electrons. The maximum Gasteiger partial charge on any atom is 0.409 e. The number of nitro benzene ring substituents is 1. The van der Waals surface area contributed by atoms with Crippen LogP contribution >= 0.6 is 0 Å². The third-order valence-corrected chi connectivity index (χ3v) is 3.52. The fraction of sp³-hybridized carbons (Fsp3) is 0.500. The largest absolute Gasteiger partial charge is 0.445 e. The lowest BCUT2D eigenvalue weighted by Crippen LogP contribution is -2.33. The maximum absolute atomic E-state index is 11.9. The van der Waals surface area contributed by atoms with Gasteiger partial charge in [0.25, 0.3) is 5.69 Å². The van der Waals surface area contributed by atoms with Gasteiger partial charge in [-0.25, -0.2) is 4.79 Å². The Morgan fingerprint density at radius 3 is 2.76 bits per heavy atom. The van der Waals surface area contributed by atoms with Gasteiger partial charge in [-0.1, -0.05) is 0 Å². The van der Waals surface area contributed by atoms with Gasteiger partial charge in [0.15, 0.2) is 0 Å². The van der Waals surface area contributed by atoms with Gasteiger partial charge in [-0.3, -0.25) is 10.1 Å². The van der Waals surface area contributed by atoms with Crippen molar-refractivity contribution in [3.05, 3.63) is 39.9 Å². The second kappa shape index (κ2) is 7.03. The lowest BCUT2D eigenvalue weighted by Gasteiger charge is -2.20. The van der Waals surface area contributed by atoms with Gasteiger partial charge >= 0.3 is 6.09 Å². The van der Waals surface area contributed by atoms with E-state index in [-0.39, 0.29) is 18.4 Å². The summed E-state index contributed by atoms with van der Waals surface area (Å²) in [4.78, 5) is 23.5. The number of hydrogen-bond donors (Lipinski definition) is 1. The van der Waals surface area contributed by atoms with E-state index in [9.17, 15) is 14.9 Å². The van der Waals surface area contributed by atoms with Crippen molar-refractivity contribution in [2.45, 2.75) is 13.0 Å². The van der Waals surface area contributed by atoms with Crippen molar-refractivity contribution < 1.29 is 14.5 Å². The van der Waals surface area contributed by atoms with E-state index in [1.807, 2.05) is 0 Å². The minimum atomic E-state index is -0.459. The van der Waals surface area contributed by atoms with E-state index in [4.69, 9.17) is 4.74 Å². The van der Waals surface area contributed by atoms with Crippen LogP contribution in [0, 0.1) is 16.0 Å². The van der Waals surface area contributed by atoms with Crippen LogP contribution in [0.15, 0.2) is 24.3 Å². The van der Waals surface area contributed by atoms with E-state index >= 15 is 0 Å². The maximum atomic E-state index is 11.9. The molecule has 1 amide bonds. The highest BCUT2D eigenvalue weighted by Crippen LogP contribution is 2.13. The molecule has 1 heterocycles. The van der Waals surface area contributed by atoms with Crippen LogP contribution in [0.25, 0.3) is 0 Å². The predicted molar refractivity (Wildman–Crippen MR) is 76.9 cm³/mol. The lowest BCUT2D eigenvalue weighted by atomic mass is 10.1. The third-order valence-electron chi connectivity index (χ3n) is 3.52. The summed E-state index contributed by atoms with van der Waals surface area (Å²) in [7, 11) is 1.72. The summed E-state index contributed by atoms with van der Waals surface area (Å²) in [6.45, 7) is 2.71. The summed E-state index contributed by atoms with van der Waals surface area (Å²) in [5.74, 6) is 0.474. The third kappa shape index (κ3) is 4.42. The van der Waals surface area contributed by atoms with E-state index in [1.165, 1.54) is 12.1 Å².